The summed E-state index contributed by atoms with van der Waals surface area (Å²) in [5.74, 6) is 0. The van der Waals surface area contributed by atoms with Crippen molar-refractivity contribution >= 4 is 38.9 Å². The van der Waals surface area contributed by atoms with Gasteiger partial charge in [-0.05, 0) is 0 Å². The zero-order valence-corrected chi connectivity index (χ0v) is 18.8. The van der Waals surface area contributed by atoms with Crippen LogP contribution in [0.2, 0.25) is 0 Å². The second kappa shape index (κ2) is 24.0. The molecule has 0 unspecified atom stereocenters. The number of hydrogen-bond donors (Lipinski definition) is 0. The molecule has 0 atom stereocenters. The molecular weight excluding hydrogens is 415 g/mol. The molecule has 0 spiro atoms. The van der Waals surface area contributed by atoms with Gasteiger partial charge in [0.2, 0.25) is 15.0 Å². The first kappa shape index (κ1) is 30.6. The van der Waals surface area contributed by atoms with Gasteiger partial charge in [-0.2, -0.15) is 0 Å². The minimum Gasteiger partial charge on any atom is -0.221 e. The number of unbranched alkanes of at least 4 members (excludes halogenated alkanes) is 3. The Morgan fingerprint density at radius 3 is 1.43 bits per heavy atom. The SMILES string of the molecule is CS(=O)(=O)C1=NC=C=C[N]1.[CH2]CCC.[CH2]CCC.[CH2]CCC.[Sn]. The van der Waals surface area contributed by atoms with Crippen molar-refractivity contribution in [2.45, 2.75) is 59.3 Å². The van der Waals surface area contributed by atoms with Crippen molar-refractivity contribution in [3.8, 4) is 0 Å². The summed E-state index contributed by atoms with van der Waals surface area (Å²) in [6.07, 6.45) is 10.4. The van der Waals surface area contributed by atoms with Crippen LogP contribution in [0.15, 0.2) is 23.1 Å². The average Bonchev–Trinajstić information content (AvgIpc) is 2.55. The van der Waals surface area contributed by atoms with E-state index in [9.17, 15) is 8.42 Å². The van der Waals surface area contributed by atoms with Crippen LogP contribution >= 0.6 is 0 Å². The fraction of sp³-hybridized carbons (Fsp3) is 0.588. The van der Waals surface area contributed by atoms with E-state index in [2.05, 4.69) is 57.6 Å². The maximum Gasteiger partial charge on any atom is 0.247 e. The molecule has 4 nitrogen and oxygen atoms in total. The largest absolute Gasteiger partial charge is 0.247 e. The molecule has 0 aromatic rings. The molecule has 0 fully saturated rings. The van der Waals surface area contributed by atoms with Crippen LogP contribution in [0.25, 0.3) is 0 Å². The van der Waals surface area contributed by atoms with Gasteiger partial charge in [0.1, 0.15) is 0 Å². The van der Waals surface area contributed by atoms with E-state index in [4.69, 9.17) is 0 Å². The molecule has 0 aliphatic carbocycles. The summed E-state index contributed by atoms with van der Waals surface area (Å²) in [4.78, 5) is 3.50. The zero-order chi connectivity index (χ0) is 17.9. The minimum atomic E-state index is -3.25. The van der Waals surface area contributed by atoms with Gasteiger partial charge >= 0.3 is 0 Å². The Labute approximate surface area is 161 Å². The summed E-state index contributed by atoms with van der Waals surface area (Å²) >= 11 is 0. The smallest absolute Gasteiger partial charge is 0.221 e. The third kappa shape index (κ3) is 30.2. The quantitative estimate of drug-likeness (QED) is 0.483. The van der Waals surface area contributed by atoms with Crippen molar-refractivity contribution in [3.05, 3.63) is 38.9 Å². The molecule has 0 amide bonds. The molecule has 1 aliphatic heterocycles. The Hall–Kier alpha value is -0.261. The average molecular weight is 447 g/mol. The standard InChI is InChI=1S/C5H5N2O2S.3C4H9.Sn/c1-10(8,9)5-6-3-2-4-7-5;3*1-3-4-2;/h3-4H,1H3;3*1,3-4H2,2H3;. The number of aliphatic imine (C=N–C) groups is 1. The molecule has 0 N–H and O–H groups in total. The van der Waals surface area contributed by atoms with Crippen molar-refractivity contribution in [1.29, 1.82) is 0 Å². The van der Waals surface area contributed by atoms with Crippen LogP contribution in [-0.2, 0) is 9.84 Å². The molecule has 8 radical (unpaired) electrons. The van der Waals surface area contributed by atoms with Crippen LogP contribution in [0.3, 0.4) is 0 Å². The molecule has 23 heavy (non-hydrogen) atoms. The van der Waals surface area contributed by atoms with E-state index in [0.29, 0.717) is 0 Å². The van der Waals surface area contributed by atoms with Crippen LogP contribution in [0, 0.1) is 20.8 Å². The Morgan fingerprint density at radius 1 is 0.957 bits per heavy atom. The van der Waals surface area contributed by atoms with E-state index in [1.165, 1.54) is 31.7 Å². The van der Waals surface area contributed by atoms with Crippen LogP contribution < -0.4 is 5.32 Å². The van der Waals surface area contributed by atoms with Gasteiger partial charge in [-0.25, -0.2) is 18.7 Å². The van der Waals surface area contributed by atoms with Crippen LogP contribution in [-0.4, -0.2) is 43.7 Å². The first-order chi connectivity index (χ1) is 10.3. The third-order valence-electron chi connectivity index (χ3n) is 1.89. The maximum atomic E-state index is 10.7. The number of sulfone groups is 1. The number of rotatable bonds is 3. The second-order valence-electron chi connectivity index (χ2n) is 4.30. The summed E-state index contributed by atoms with van der Waals surface area (Å²) < 4.78 is 21.4. The normalized spacial score (nSPS) is 11.0. The number of amidine groups is 1. The minimum absolute atomic E-state index is 0. The van der Waals surface area contributed by atoms with Gasteiger partial charge in [-0.1, -0.05) is 85.8 Å². The van der Waals surface area contributed by atoms with Crippen molar-refractivity contribution in [3.63, 3.8) is 0 Å². The Balaban J connectivity index is -0.000000118. The van der Waals surface area contributed by atoms with Gasteiger partial charge < -0.3 is 0 Å². The zero-order valence-electron chi connectivity index (χ0n) is 15.1. The molecule has 1 rings (SSSR count). The van der Waals surface area contributed by atoms with Gasteiger partial charge in [0.25, 0.3) is 0 Å². The molecular formula is C17H32N2O2SSn. The maximum absolute atomic E-state index is 10.7. The van der Waals surface area contributed by atoms with Gasteiger partial charge in [0.15, 0.2) is 0 Å². The predicted octanol–water partition coefficient (Wildman–Crippen LogP) is 4.11. The predicted molar refractivity (Wildman–Crippen MR) is 104 cm³/mol. The van der Waals surface area contributed by atoms with E-state index >= 15 is 0 Å². The van der Waals surface area contributed by atoms with E-state index in [1.807, 2.05) is 0 Å². The van der Waals surface area contributed by atoms with Crippen LogP contribution in [0.4, 0.5) is 0 Å². The molecule has 0 bridgehead atoms. The van der Waals surface area contributed by atoms with Gasteiger partial charge in [0.05, 0.1) is 12.4 Å². The number of hydrogen-bond acceptors (Lipinski definition) is 3. The van der Waals surface area contributed by atoms with E-state index < -0.39 is 9.84 Å². The summed E-state index contributed by atoms with van der Waals surface area (Å²) in [7, 11) is -3.25. The first-order valence-electron chi connectivity index (χ1n) is 7.61. The Kier molecular flexibility index (Phi) is 31.9. The van der Waals surface area contributed by atoms with E-state index in [0.717, 1.165) is 25.5 Å². The summed E-state index contributed by atoms with van der Waals surface area (Å²) in [6.45, 7) is 17.2. The molecule has 132 valence electrons. The summed E-state index contributed by atoms with van der Waals surface area (Å²) in [5, 5.41) is 3.33. The fourth-order valence-corrected chi connectivity index (χ4v) is 0.931. The van der Waals surface area contributed by atoms with Gasteiger partial charge in [0, 0.05) is 30.2 Å². The third-order valence-corrected chi connectivity index (χ3v) is 2.77. The van der Waals surface area contributed by atoms with Crippen molar-refractivity contribution in [2.75, 3.05) is 6.26 Å². The molecule has 6 heteroatoms. The van der Waals surface area contributed by atoms with Crippen molar-refractivity contribution < 1.29 is 8.42 Å². The van der Waals surface area contributed by atoms with E-state index in [1.54, 1.807) is 0 Å². The number of nitrogens with zero attached hydrogens (tertiary/aromatic N) is 2. The molecule has 0 aromatic heterocycles. The Morgan fingerprint density at radius 2 is 1.30 bits per heavy atom. The monoisotopic (exact) mass is 448 g/mol. The molecule has 0 saturated carbocycles. The van der Waals surface area contributed by atoms with Crippen molar-refractivity contribution in [2.24, 2.45) is 4.99 Å². The molecule has 1 heterocycles. The summed E-state index contributed by atoms with van der Waals surface area (Å²) in [5.41, 5.74) is 2.52. The van der Waals surface area contributed by atoms with Gasteiger partial charge in [-0.15, -0.1) is 0 Å². The molecule has 1 aliphatic rings. The first-order valence-corrected chi connectivity index (χ1v) is 9.50. The summed E-state index contributed by atoms with van der Waals surface area (Å²) in [6, 6.07) is 0. The van der Waals surface area contributed by atoms with Crippen molar-refractivity contribution in [1.82, 2.24) is 5.32 Å². The van der Waals surface area contributed by atoms with E-state index in [-0.39, 0.29) is 29.1 Å². The second-order valence-corrected chi connectivity index (χ2v) is 6.21. The molecule has 0 saturated heterocycles. The Bertz CT molecular complexity index is 397. The van der Waals surface area contributed by atoms with Crippen LogP contribution in [0.5, 0.6) is 0 Å². The van der Waals surface area contributed by atoms with Crippen LogP contribution in [0.1, 0.15) is 59.3 Å². The van der Waals surface area contributed by atoms with Gasteiger partial charge in [-0.3, -0.25) is 0 Å². The fourth-order valence-electron chi connectivity index (χ4n) is 0.443. The molecule has 0 aromatic carbocycles. The topological polar surface area (TPSA) is 60.6 Å².